The van der Waals surface area contributed by atoms with Crippen LogP contribution in [0.3, 0.4) is 0 Å². The Hall–Kier alpha value is -1.13. The number of anilines is 1. The summed E-state index contributed by atoms with van der Waals surface area (Å²) in [6, 6.07) is 5.07. The summed E-state index contributed by atoms with van der Waals surface area (Å²) in [4.78, 5) is 6.93. The molecule has 2 heterocycles. The van der Waals surface area contributed by atoms with Gasteiger partial charge in [0, 0.05) is 18.8 Å². The standard InChI is InChI=1S/C15H25N3O/c1-4-7-16-13(3)14-5-6-15(17-10-14)18-8-9-19-11-12(18)2/h5-6,10,12-13,16H,4,7-9,11H2,1-3H3. The average Bonchev–Trinajstić information content (AvgIpc) is 2.45. The second kappa shape index (κ2) is 6.87. The Morgan fingerprint density at radius 3 is 3.00 bits per heavy atom. The van der Waals surface area contributed by atoms with Crippen molar-refractivity contribution >= 4 is 5.82 Å². The molecule has 0 spiro atoms. The third-order valence-corrected chi connectivity index (χ3v) is 3.63. The van der Waals surface area contributed by atoms with E-state index in [0.29, 0.717) is 12.1 Å². The van der Waals surface area contributed by atoms with Crippen molar-refractivity contribution in [2.75, 3.05) is 31.2 Å². The lowest BCUT2D eigenvalue weighted by atomic mass is 10.1. The van der Waals surface area contributed by atoms with Crippen LogP contribution < -0.4 is 10.2 Å². The Balaban J connectivity index is 2.01. The third-order valence-electron chi connectivity index (χ3n) is 3.63. The van der Waals surface area contributed by atoms with E-state index in [2.05, 4.69) is 48.1 Å². The summed E-state index contributed by atoms with van der Waals surface area (Å²) in [5, 5.41) is 3.48. The van der Waals surface area contributed by atoms with Gasteiger partial charge in [-0.05, 0) is 38.4 Å². The lowest BCUT2D eigenvalue weighted by Crippen LogP contribution is -2.44. The van der Waals surface area contributed by atoms with Crippen LogP contribution in [0.25, 0.3) is 0 Å². The summed E-state index contributed by atoms with van der Waals surface area (Å²) in [6.07, 6.45) is 3.14. The maximum absolute atomic E-state index is 5.46. The molecule has 0 aliphatic carbocycles. The highest BCUT2D eigenvalue weighted by atomic mass is 16.5. The van der Waals surface area contributed by atoms with Gasteiger partial charge in [0.1, 0.15) is 5.82 Å². The van der Waals surface area contributed by atoms with Gasteiger partial charge < -0.3 is 15.0 Å². The SMILES string of the molecule is CCCNC(C)c1ccc(N2CCOCC2C)nc1. The smallest absolute Gasteiger partial charge is 0.128 e. The molecule has 1 N–H and O–H groups in total. The van der Waals surface area contributed by atoms with E-state index in [1.165, 1.54) is 5.56 Å². The number of aromatic nitrogens is 1. The number of hydrogen-bond donors (Lipinski definition) is 1. The molecule has 4 nitrogen and oxygen atoms in total. The molecule has 1 saturated heterocycles. The van der Waals surface area contributed by atoms with Crippen LogP contribution in [0, 0.1) is 0 Å². The zero-order valence-corrected chi connectivity index (χ0v) is 12.2. The largest absolute Gasteiger partial charge is 0.377 e. The van der Waals surface area contributed by atoms with E-state index in [1.54, 1.807) is 0 Å². The maximum atomic E-state index is 5.46. The van der Waals surface area contributed by atoms with E-state index < -0.39 is 0 Å². The first-order chi connectivity index (χ1) is 9.22. The molecular weight excluding hydrogens is 238 g/mol. The van der Waals surface area contributed by atoms with E-state index in [4.69, 9.17) is 4.74 Å². The molecule has 0 aromatic carbocycles. The monoisotopic (exact) mass is 263 g/mol. The Labute approximate surface area is 116 Å². The molecule has 0 saturated carbocycles. The number of nitrogens with one attached hydrogen (secondary N) is 1. The summed E-state index contributed by atoms with van der Waals surface area (Å²) in [6.45, 7) is 10.1. The highest BCUT2D eigenvalue weighted by molar-refractivity contribution is 5.41. The molecule has 4 heteroatoms. The van der Waals surface area contributed by atoms with Gasteiger partial charge >= 0.3 is 0 Å². The van der Waals surface area contributed by atoms with E-state index in [-0.39, 0.29) is 0 Å². The molecule has 1 aliphatic heterocycles. The molecular formula is C15H25N3O. The van der Waals surface area contributed by atoms with Crippen molar-refractivity contribution in [2.24, 2.45) is 0 Å². The fraction of sp³-hybridized carbons (Fsp3) is 0.667. The molecule has 1 aromatic heterocycles. The van der Waals surface area contributed by atoms with Gasteiger partial charge in [-0.1, -0.05) is 13.0 Å². The predicted molar refractivity (Wildman–Crippen MR) is 78.6 cm³/mol. The molecule has 2 rings (SSSR count). The number of rotatable bonds is 5. The predicted octanol–water partition coefficient (Wildman–Crippen LogP) is 2.37. The van der Waals surface area contributed by atoms with Crippen molar-refractivity contribution in [2.45, 2.75) is 39.3 Å². The molecule has 106 valence electrons. The van der Waals surface area contributed by atoms with Crippen molar-refractivity contribution in [1.29, 1.82) is 0 Å². The van der Waals surface area contributed by atoms with Crippen molar-refractivity contribution in [1.82, 2.24) is 10.3 Å². The quantitative estimate of drug-likeness (QED) is 0.885. The van der Waals surface area contributed by atoms with Crippen LogP contribution in [-0.4, -0.2) is 37.3 Å². The summed E-state index contributed by atoms with van der Waals surface area (Å²) >= 11 is 0. The van der Waals surface area contributed by atoms with Crippen molar-refractivity contribution in [3.8, 4) is 0 Å². The third kappa shape index (κ3) is 3.67. The first kappa shape index (κ1) is 14.3. The van der Waals surface area contributed by atoms with Crippen LogP contribution in [0.1, 0.15) is 38.8 Å². The highest BCUT2D eigenvalue weighted by Gasteiger charge is 2.20. The number of hydrogen-bond acceptors (Lipinski definition) is 4. The topological polar surface area (TPSA) is 37.4 Å². The maximum Gasteiger partial charge on any atom is 0.128 e. The second-order valence-electron chi connectivity index (χ2n) is 5.24. The number of morpholine rings is 1. The Morgan fingerprint density at radius 1 is 1.53 bits per heavy atom. The molecule has 19 heavy (non-hydrogen) atoms. The summed E-state index contributed by atoms with van der Waals surface area (Å²) in [5.41, 5.74) is 1.25. The Morgan fingerprint density at radius 2 is 2.37 bits per heavy atom. The first-order valence-electron chi connectivity index (χ1n) is 7.26. The highest BCUT2D eigenvalue weighted by Crippen LogP contribution is 2.19. The van der Waals surface area contributed by atoms with E-state index >= 15 is 0 Å². The van der Waals surface area contributed by atoms with Crippen molar-refractivity contribution < 1.29 is 4.74 Å². The minimum Gasteiger partial charge on any atom is -0.377 e. The molecule has 0 radical (unpaired) electrons. The van der Waals surface area contributed by atoms with E-state index in [0.717, 1.165) is 38.5 Å². The fourth-order valence-electron chi connectivity index (χ4n) is 2.37. The number of pyridine rings is 1. The minimum absolute atomic E-state index is 0.364. The second-order valence-corrected chi connectivity index (χ2v) is 5.24. The minimum atomic E-state index is 0.364. The molecule has 1 aromatic rings. The van der Waals surface area contributed by atoms with Gasteiger partial charge in [-0.3, -0.25) is 0 Å². The lowest BCUT2D eigenvalue weighted by Gasteiger charge is -2.34. The van der Waals surface area contributed by atoms with Gasteiger partial charge in [0.2, 0.25) is 0 Å². The summed E-state index contributed by atoms with van der Waals surface area (Å²) < 4.78 is 5.46. The molecule has 2 atom stereocenters. The molecule has 1 fully saturated rings. The van der Waals surface area contributed by atoms with Gasteiger partial charge in [0.25, 0.3) is 0 Å². The van der Waals surface area contributed by atoms with Crippen LogP contribution in [-0.2, 0) is 4.74 Å². The van der Waals surface area contributed by atoms with Gasteiger partial charge in [0.05, 0.1) is 19.3 Å². The van der Waals surface area contributed by atoms with Crippen LogP contribution in [0.5, 0.6) is 0 Å². The van der Waals surface area contributed by atoms with Crippen LogP contribution in [0.2, 0.25) is 0 Å². The van der Waals surface area contributed by atoms with Gasteiger partial charge in [-0.15, -0.1) is 0 Å². The normalized spacial score (nSPS) is 21.4. The Kier molecular flexibility index (Phi) is 5.16. The molecule has 1 aliphatic rings. The van der Waals surface area contributed by atoms with Crippen molar-refractivity contribution in [3.05, 3.63) is 23.9 Å². The van der Waals surface area contributed by atoms with E-state index in [1.807, 2.05) is 6.20 Å². The van der Waals surface area contributed by atoms with Crippen LogP contribution >= 0.6 is 0 Å². The van der Waals surface area contributed by atoms with Gasteiger partial charge in [0.15, 0.2) is 0 Å². The molecule has 0 bridgehead atoms. The zero-order chi connectivity index (χ0) is 13.7. The van der Waals surface area contributed by atoms with Gasteiger partial charge in [-0.25, -0.2) is 4.98 Å². The van der Waals surface area contributed by atoms with Crippen LogP contribution in [0.15, 0.2) is 18.3 Å². The average molecular weight is 263 g/mol. The van der Waals surface area contributed by atoms with Crippen molar-refractivity contribution in [3.63, 3.8) is 0 Å². The van der Waals surface area contributed by atoms with E-state index in [9.17, 15) is 0 Å². The zero-order valence-electron chi connectivity index (χ0n) is 12.2. The number of nitrogens with zero attached hydrogens (tertiary/aromatic N) is 2. The first-order valence-corrected chi connectivity index (χ1v) is 7.26. The lowest BCUT2D eigenvalue weighted by molar-refractivity contribution is 0.0985. The fourth-order valence-corrected chi connectivity index (χ4v) is 2.37. The molecule has 2 unspecified atom stereocenters. The summed E-state index contributed by atoms with van der Waals surface area (Å²) in [5.74, 6) is 1.06. The summed E-state index contributed by atoms with van der Waals surface area (Å²) in [7, 11) is 0. The Bertz CT molecular complexity index is 379. The molecule has 0 amide bonds. The van der Waals surface area contributed by atoms with Gasteiger partial charge in [-0.2, -0.15) is 0 Å². The number of ether oxygens (including phenoxy) is 1. The van der Waals surface area contributed by atoms with Crippen LogP contribution in [0.4, 0.5) is 5.82 Å².